The minimum atomic E-state index is -4.53. The third kappa shape index (κ3) is 3.13. The van der Waals surface area contributed by atoms with E-state index < -0.39 is 17.6 Å². The summed E-state index contributed by atoms with van der Waals surface area (Å²) in [6.45, 7) is 1.72. The average molecular weight is 316 g/mol. The van der Waals surface area contributed by atoms with Gasteiger partial charge in [0.15, 0.2) is 0 Å². The average Bonchev–Trinajstić information content (AvgIpc) is 2.84. The summed E-state index contributed by atoms with van der Waals surface area (Å²) in [5.41, 5.74) is 5.41. The molecule has 3 unspecified atom stereocenters. The van der Waals surface area contributed by atoms with E-state index in [1.54, 1.807) is 0 Å². The van der Waals surface area contributed by atoms with Gasteiger partial charge in [-0.05, 0) is 42.4 Å². The largest absolute Gasteiger partial charge is 0.416 e. The summed E-state index contributed by atoms with van der Waals surface area (Å²) in [5, 5.41) is 0. The van der Waals surface area contributed by atoms with Crippen molar-refractivity contribution in [3.8, 4) is 0 Å². The van der Waals surface area contributed by atoms with Crippen LogP contribution < -0.4 is 5.73 Å². The Morgan fingerprint density at radius 3 is 2.64 bits per heavy atom. The SMILES string of the molecule is NC1CCCC2CN(Cc3ccc(F)cc3C(F)(F)F)CC12. The zero-order chi connectivity index (χ0) is 15.9. The van der Waals surface area contributed by atoms with Crippen molar-refractivity contribution >= 4 is 0 Å². The van der Waals surface area contributed by atoms with Gasteiger partial charge < -0.3 is 5.73 Å². The van der Waals surface area contributed by atoms with Gasteiger partial charge in [-0.3, -0.25) is 4.90 Å². The van der Waals surface area contributed by atoms with Gasteiger partial charge in [-0.15, -0.1) is 0 Å². The molecule has 1 saturated carbocycles. The maximum Gasteiger partial charge on any atom is 0.416 e. The number of alkyl halides is 3. The molecule has 1 aromatic carbocycles. The lowest BCUT2D eigenvalue weighted by molar-refractivity contribution is -0.138. The number of rotatable bonds is 2. The monoisotopic (exact) mass is 316 g/mol. The highest BCUT2D eigenvalue weighted by atomic mass is 19.4. The van der Waals surface area contributed by atoms with Crippen LogP contribution in [0.4, 0.5) is 17.6 Å². The number of benzene rings is 1. The van der Waals surface area contributed by atoms with Crippen LogP contribution in [0.5, 0.6) is 0 Å². The van der Waals surface area contributed by atoms with Crippen molar-refractivity contribution in [2.75, 3.05) is 13.1 Å². The molecule has 0 amide bonds. The number of likely N-dealkylation sites (tertiary alicyclic amines) is 1. The molecule has 22 heavy (non-hydrogen) atoms. The van der Waals surface area contributed by atoms with Crippen LogP contribution in [0.15, 0.2) is 18.2 Å². The van der Waals surface area contributed by atoms with Gasteiger partial charge in [-0.25, -0.2) is 4.39 Å². The first kappa shape index (κ1) is 15.7. The molecule has 0 aromatic heterocycles. The fraction of sp³-hybridized carbons (Fsp3) is 0.625. The smallest absolute Gasteiger partial charge is 0.327 e. The first-order valence-electron chi connectivity index (χ1n) is 7.68. The fourth-order valence-corrected chi connectivity index (χ4v) is 3.93. The summed E-state index contributed by atoms with van der Waals surface area (Å²) in [7, 11) is 0. The van der Waals surface area contributed by atoms with Gasteiger partial charge in [0.25, 0.3) is 0 Å². The molecule has 3 rings (SSSR count). The van der Waals surface area contributed by atoms with Crippen molar-refractivity contribution in [2.45, 2.75) is 38.0 Å². The van der Waals surface area contributed by atoms with Crippen LogP contribution in [-0.2, 0) is 12.7 Å². The van der Waals surface area contributed by atoms with E-state index in [4.69, 9.17) is 5.73 Å². The van der Waals surface area contributed by atoms with E-state index in [1.807, 2.05) is 4.90 Å². The van der Waals surface area contributed by atoms with Crippen LogP contribution in [0.1, 0.15) is 30.4 Å². The summed E-state index contributed by atoms with van der Waals surface area (Å²) in [6.07, 6.45) is -1.33. The van der Waals surface area contributed by atoms with Crippen LogP contribution in [0.3, 0.4) is 0 Å². The molecule has 3 atom stereocenters. The second kappa shape index (κ2) is 5.81. The highest BCUT2D eigenvalue weighted by Crippen LogP contribution is 2.38. The predicted molar refractivity (Wildman–Crippen MR) is 75.5 cm³/mol. The van der Waals surface area contributed by atoms with Crippen molar-refractivity contribution in [3.05, 3.63) is 35.1 Å². The van der Waals surface area contributed by atoms with E-state index in [2.05, 4.69) is 0 Å². The molecule has 1 aliphatic heterocycles. The van der Waals surface area contributed by atoms with Crippen molar-refractivity contribution in [1.82, 2.24) is 4.90 Å². The number of nitrogens with two attached hydrogens (primary N) is 1. The lowest BCUT2D eigenvalue weighted by Crippen LogP contribution is -2.38. The molecule has 1 heterocycles. The molecule has 2 aliphatic rings. The Bertz CT molecular complexity index is 543. The zero-order valence-electron chi connectivity index (χ0n) is 12.2. The summed E-state index contributed by atoms with van der Waals surface area (Å²) < 4.78 is 52.3. The van der Waals surface area contributed by atoms with E-state index in [-0.39, 0.29) is 18.2 Å². The standard InChI is InChI=1S/C16H20F4N2/c17-12-5-4-11(14(6-12)16(18,19)20)8-22-7-10-2-1-3-15(21)13(10)9-22/h4-6,10,13,15H,1-3,7-9,21H2. The van der Waals surface area contributed by atoms with Gasteiger partial charge in [0.2, 0.25) is 0 Å². The van der Waals surface area contributed by atoms with Crippen LogP contribution in [-0.4, -0.2) is 24.0 Å². The van der Waals surface area contributed by atoms with Gasteiger partial charge >= 0.3 is 6.18 Å². The normalized spacial score (nSPS) is 29.6. The highest BCUT2D eigenvalue weighted by molar-refractivity contribution is 5.30. The Hall–Kier alpha value is -1.14. The molecular formula is C16H20F4N2. The third-order valence-corrected chi connectivity index (χ3v) is 5.00. The Morgan fingerprint density at radius 2 is 1.95 bits per heavy atom. The minimum Gasteiger partial charge on any atom is -0.327 e. The predicted octanol–water partition coefficient (Wildman–Crippen LogP) is 3.40. The number of halogens is 4. The van der Waals surface area contributed by atoms with Gasteiger partial charge in [-0.1, -0.05) is 12.5 Å². The molecule has 2 N–H and O–H groups in total. The fourth-order valence-electron chi connectivity index (χ4n) is 3.93. The second-order valence-electron chi connectivity index (χ2n) is 6.51. The Morgan fingerprint density at radius 1 is 1.18 bits per heavy atom. The zero-order valence-corrected chi connectivity index (χ0v) is 12.2. The molecule has 0 spiro atoms. The molecule has 0 radical (unpaired) electrons. The topological polar surface area (TPSA) is 29.3 Å². The first-order chi connectivity index (χ1) is 10.3. The van der Waals surface area contributed by atoms with E-state index in [1.165, 1.54) is 6.07 Å². The van der Waals surface area contributed by atoms with Gasteiger partial charge in [0.05, 0.1) is 5.56 Å². The molecule has 122 valence electrons. The molecule has 1 aliphatic carbocycles. The maximum absolute atomic E-state index is 13.2. The van der Waals surface area contributed by atoms with Crippen LogP contribution in [0, 0.1) is 17.7 Å². The first-order valence-corrected chi connectivity index (χ1v) is 7.68. The van der Waals surface area contributed by atoms with E-state index in [9.17, 15) is 17.6 Å². The molecule has 1 aromatic rings. The number of hydrogen-bond donors (Lipinski definition) is 1. The molecule has 2 fully saturated rings. The molecule has 2 nitrogen and oxygen atoms in total. The van der Waals surface area contributed by atoms with Crippen LogP contribution in [0.2, 0.25) is 0 Å². The van der Waals surface area contributed by atoms with Gasteiger partial charge in [-0.2, -0.15) is 13.2 Å². The lowest BCUT2D eigenvalue weighted by atomic mass is 9.78. The lowest BCUT2D eigenvalue weighted by Gasteiger charge is -2.29. The van der Waals surface area contributed by atoms with E-state index in [0.29, 0.717) is 17.9 Å². The summed E-state index contributed by atoms with van der Waals surface area (Å²) in [5.74, 6) is 0.00950. The molecule has 6 heteroatoms. The van der Waals surface area contributed by atoms with Crippen molar-refractivity contribution in [1.29, 1.82) is 0 Å². The quantitative estimate of drug-likeness (QED) is 0.847. The minimum absolute atomic E-state index is 0.140. The van der Waals surface area contributed by atoms with E-state index >= 15 is 0 Å². The van der Waals surface area contributed by atoms with Crippen molar-refractivity contribution in [3.63, 3.8) is 0 Å². The Labute approximate surface area is 127 Å². The third-order valence-electron chi connectivity index (χ3n) is 5.00. The van der Waals surface area contributed by atoms with Gasteiger partial charge in [0.1, 0.15) is 5.82 Å². The maximum atomic E-state index is 13.2. The van der Waals surface area contributed by atoms with Crippen molar-refractivity contribution < 1.29 is 17.6 Å². The molecular weight excluding hydrogens is 296 g/mol. The highest BCUT2D eigenvalue weighted by Gasteiger charge is 2.40. The Balaban J connectivity index is 1.77. The second-order valence-corrected chi connectivity index (χ2v) is 6.51. The summed E-state index contributed by atoms with van der Waals surface area (Å²) in [6, 6.07) is 3.09. The molecule has 1 saturated heterocycles. The summed E-state index contributed by atoms with van der Waals surface area (Å²) >= 11 is 0. The Kier molecular flexibility index (Phi) is 4.16. The number of nitrogens with zero attached hydrogens (tertiary/aromatic N) is 1. The molecule has 0 bridgehead atoms. The van der Waals surface area contributed by atoms with Crippen LogP contribution in [0.25, 0.3) is 0 Å². The van der Waals surface area contributed by atoms with Crippen LogP contribution >= 0.6 is 0 Å². The number of hydrogen-bond acceptors (Lipinski definition) is 2. The van der Waals surface area contributed by atoms with Gasteiger partial charge in [0, 0.05) is 25.7 Å². The summed E-state index contributed by atoms with van der Waals surface area (Å²) in [4.78, 5) is 2.03. The van der Waals surface area contributed by atoms with E-state index in [0.717, 1.165) is 38.4 Å². The van der Waals surface area contributed by atoms with Crippen molar-refractivity contribution in [2.24, 2.45) is 17.6 Å². The number of fused-ring (bicyclic) bond motifs is 1.